The number of nitrogens with two attached hydrogens (primary N) is 1. The van der Waals surface area contributed by atoms with Gasteiger partial charge in [-0.2, -0.15) is 0 Å². The van der Waals surface area contributed by atoms with Crippen LogP contribution >= 0.6 is 0 Å². The Balaban J connectivity index is 2.17. The minimum Gasteiger partial charge on any atom is -0.409 e. The van der Waals surface area contributed by atoms with Gasteiger partial charge in [0.05, 0.1) is 0 Å². The lowest BCUT2D eigenvalue weighted by Crippen LogP contribution is -2.55. The Kier molecular flexibility index (Phi) is 5.41. The number of rotatable bonds is 5. The molecular weight excluding hydrogens is 274 g/mol. The van der Waals surface area contributed by atoms with E-state index in [0.29, 0.717) is 39.0 Å². The van der Waals surface area contributed by atoms with Gasteiger partial charge in [0, 0.05) is 32.4 Å². The summed E-state index contributed by atoms with van der Waals surface area (Å²) in [4.78, 5) is 14.9. The topological polar surface area (TPSA) is 108 Å². The van der Waals surface area contributed by atoms with E-state index in [0.717, 1.165) is 19.3 Å². The zero-order valence-electron chi connectivity index (χ0n) is 12.3. The SMILES string of the molecule is NC(=NO)C1(C(=O)N2CCCC2CCCO)CCOCC1. The van der Waals surface area contributed by atoms with E-state index in [-0.39, 0.29) is 24.4 Å². The number of aliphatic hydroxyl groups is 1. The number of carbonyl (C=O) groups is 1. The van der Waals surface area contributed by atoms with Crippen LogP contribution in [-0.4, -0.2) is 59.4 Å². The Labute approximate surface area is 124 Å². The molecule has 120 valence electrons. The summed E-state index contributed by atoms with van der Waals surface area (Å²) in [6.45, 7) is 1.72. The van der Waals surface area contributed by atoms with Gasteiger partial charge < -0.3 is 25.7 Å². The van der Waals surface area contributed by atoms with Gasteiger partial charge in [-0.1, -0.05) is 5.16 Å². The predicted molar refractivity (Wildman–Crippen MR) is 76.9 cm³/mol. The van der Waals surface area contributed by atoms with Crippen molar-refractivity contribution in [3.63, 3.8) is 0 Å². The van der Waals surface area contributed by atoms with Gasteiger partial charge in [0.15, 0.2) is 5.84 Å². The molecule has 7 nitrogen and oxygen atoms in total. The van der Waals surface area contributed by atoms with Crippen LogP contribution in [0.1, 0.15) is 38.5 Å². The monoisotopic (exact) mass is 299 g/mol. The molecule has 0 aromatic rings. The smallest absolute Gasteiger partial charge is 0.236 e. The molecular formula is C14H25N3O4. The van der Waals surface area contributed by atoms with Crippen molar-refractivity contribution in [2.75, 3.05) is 26.4 Å². The number of ether oxygens (including phenoxy) is 1. The maximum Gasteiger partial charge on any atom is 0.236 e. The molecule has 2 fully saturated rings. The van der Waals surface area contributed by atoms with Crippen molar-refractivity contribution in [1.82, 2.24) is 4.90 Å². The maximum absolute atomic E-state index is 13.0. The molecule has 21 heavy (non-hydrogen) atoms. The van der Waals surface area contributed by atoms with Gasteiger partial charge in [0.25, 0.3) is 0 Å². The number of amides is 1. The fourth-order valence-corrected chi connectivity index (χ4v) is 3.40. The lowest BCUT2D eigenvalue weighted by molar-refractivity contribution is -0.143. The molecule has 2 heterocycles. The number of likely N-dealkylation sites (tertiary alicyclic amines) is 1. The number of carbonyl (C=O) groups excluding carboxylic acids is 1. The summed E-state index contributed by atoms with van der Waals surface area (Å²) in [5, 5.41) is 21.2. The highest BCUT2D eigenvalue weighted by Gasteiger charge is 2.48. The van der Waals surface area contributed by atoms with Crippen molar-refractivity contribution < 1.29 is 19.8 Å². The minimum atomic E-state index is -0.936. The molecule has 2 rings (SSSR count). The van der Waals surface area contributed by atoms with E-state index in [9.17, 15) is 4.79 Å². The Morgan fingerprint density at radius 1 is 1.43 bits per heavy atom. The highest BCUT2D eigenvalue weighted by Crippen LogP contribution is 2.36. The first-order valence-electron chi connectivity index (χ1n) is 7.63. The van der Waals surface area contributed by atoms with Crippen LogP contribution in [0.2, 0.25) is 0 Å². The van der Waals surface area contributed by atoms with Crippen LogP contribution in [0, 0.1) is 5.41 Å². The van der Waals surface area contributed by atoms with E-state index in [2.05, 4.69) is 5.16 Å². The first-order chi connectivity index (χ1) is 10.2. The summed E-state index contributed by atoms with van der Waals surface area (Å²) >= 11 is 0. The third-order valence-corrected chi connectivity index (χ3v) is 4.69. The van der Waals surface area contributed by atoms with Crippen LogP contribution in [0.3, 0.4) is 0 Å². The normalized spacial score (nSPS) is 26.0. The summed E-state index contributed by atoms with van der Waals surface area (Å²) in [5.74, 6) is -0.0647. The Hall–Kier alpha value is -1.34. The van der Waals surface area contributed by atoms with Gasteiger partial charge in [-0.05, 0) is 38.5 Å². The lowest BCUT2D eigenvalue weighted by atomic mass is 9.77. The largest absolute Gasteiger partial charge is 0.409 e. The average Bonchev–Trinajstić information content (AvgIpc) is 3.00. The molecule has 1 unspecified atom stereocenters. The summed E-state index contributed by atoms with van der Waals surface area (Å²) in [5.41, 5.74) is 4.92. The third kappa shape index (κ3) is 3.13. The van der Waals surface area contributed by atoms with Gasteiger partial charge in [0.1, 0.15) is 5.41 Å². The molecule has 1 amide bonds. The van der Waals surface area contributed by atoms with Crippen molar-refractivity contribution in [2.45, 2.75) is 44.6 Å². The van der Waals surface area contributed by atoms with Gasteiger partial charge in [-0.3, -0.25) is 4.79 Å². The zero-order valence-corrected chi connectivity index (χ0v) is 12.3. The second kappa shape index (κ2) is 7.09. The fourth-order valence-electron chi connectivity index (χ4n) is 3.40. The van der Waals surface area contributed by atoms with Crippen molar-refractivity contribution in [2.24, 2.45) is 16.3 Å². The fraction of sp³-hybridized carbons (Fsp3) is 0.857. The summed E-state index contributed by atoms with van der Waals surface area (Å²) in [6, 6.07) is 0.149. The molecule has 4 N–H and O–H groups in total. The molecule has 2 saturated heterocycles. The Morgan fingerprint density at radius 3 is 2.76 bits per heavy atom. The van der Waals surface area contributed by atoms with Crippen molar-refractivity contribution in [3.8, 4) is 0 Å². The predicted octanol–water partition coefficient (Wildman–Crippen LogP) is 0.293. The quantitative estimate of drug-likeness (QED) is 0.293. The average molecular weight is 299 g/mol. The van der Waals surface area contributed by atoms with Gasteiger partial charge >= 0.3 is 0 Å². The maximum atomic E-state index is 13.0. The highest BCUT2D eigenvalue weighted by atomic mass is 16.5. The summed E-state index contributed by atoms with van der Waals surface area (Å²) < 4.78 is 5.33. The van der Waals surface area contributed by atoms with E-state index in [4.69, 9.17) is 20.8 Å². The van der Waals surface area contributed by atoms with Crippen LogP contribution in [0.4, 0.5) is 0 Å². The van der Waals surface area contributed by atoms with E-state index in [1.807, 2.05) is 4.90 Å². The second-order valence-corrected chi connectivity index (χ2v) is 5.84. The molecule has 1 atom stereocenters. The number of aliphatic hydroxyl groups excluding tert-OH is 1. The van der Waals surface area contributed by atoms with Crippen LogP contribution in [-0.2, 0) is 9.53 Å². The molecule has 0 spiro atoms. The number of oxime groups is 1. The van der Waals surface area contributed by atoms with Crippen molar-refractivity contribution in [3.05, 3.63) is 0 Å². The highest BCUT2D eigenvalue weighted by molar-refractivity contribution is 6.07. The first kappa shape index (κ1) is 16.0. The zero-order chi connectivity index (χ0) is 15.3. The van der Waals surface area contributed by atoms with Crippen LogP contribution < -0.4 is 5.73 Å². The molecule has 2 aliphatic rings. The first-order valence-corrected chi connectivity index (χ1v) is 7.63. The number of hydrogen-bond acceptors (Lipinski definition) is 5. The summed E-state index contributed by atoms with van der Waals surface area (Å²) in [6.07, 6.45) is 4.30. The standard InChI is InChI=1S/C14H25N3O4/c15-12(16-20)14(5-9-21-10-6-14)13(19)17-7-1-3-11(17)4-2-8-18/h11,18,20H,1-10H2,(H2,15,16). The van der Waals surface area contributed by atoms with Gasteiger partial charge in [-0.15, -0.1) is 0 Å². The third-order valence-electron chi connectivity index (χ3n) is 4.69. The minimum absolute atomic E-state index is 0.0105. The summed E-state index contributed by atoms with van der Waals surface area (Å²) in [7, 11) is 0. The molecule has 0 bridgehead atoms. The lowest BCUT2D eigenvalue weighted by Gasteiger charge is -2.39. The second-order valence-electron chi connectivity index (χ2n) is 5.84. The molecule has 0 saturated carbocycles. The van der Waals surface area contributed by atoms with E-state index in [1.54, 1.807) is 0 Å². The Morgan fingerprint density at radius 2 is 2.14 bits per heavy atom. The van der Waals surface area contributed by atoms with E-state index >= 15 is 0 Å². The van der Waals surface area contributed by atoms with Crippen LogP contribution in [0.5, 0.6) is 0 Å². The van der Waals surface area contributed by atoms with Gasteiger partial charge in [-0.25, -0.2) is 0 Å². The number of amidine groups is 1. The number of nitrogens with zero attached hydrogens (tertiary/aromatic N) is 2. The van der Waals surface area contributed by atoms with Crippen LogP contribution in [0.25, 0.3) is 0 Å². The van der Waals surface area contributed by atoms with Crippen molar-refractivity contribution in [1.29, 1.82) is 0 Å². The van der Waals surface area contributed by atoms with Gasteiger partial charge in [0.2, 0.25) is 5.91 Å². The molecule has 7 heteroatoms. The molecule has 2 aliphatic heterocycles. The van der Waals surface area contributed by atoms with Crippen molar-refractivity contribution >= 4 is 11.7 Å². The molecule has 0 aromatic carbocycles. The van der Waals surface area contributed by atoms with E-state index < -0.39 is 5.41 Å². The molecule has 0 aromatic heterocycles. The van der Waals surface area contributed by atoms with Crippen LogP contribution in [0.15, 0.2) is 5.16 Å². The molecule has 0 aliphatic carbocycles. The van der Waals surface area contributed by atoms with E-state index in [1.165, 1.54) is 0 Å². The molecule has 0 radical (unpaired) electrons. The number of hydrogen-bond donors (Lipinski definition) is 3. The Bertz CT molecular complexity index is 394.